The third kappa shape index (κ3) is 11.8. The van der Waals surface area contributed by atoms with Gasteiger partial charge in [0.25, 0.3) is 0 Å². The molecule has 49 heavy (non-hydrogen) atoms. The molecule has 1 fully saturated rings. The Balaban J connectivity index is 1.64. The predicted octanol–water partition coefficient (Wildman–Crippen LogP) is 6.68. The van der Waals surface area contributed by atoms with Crippen molar-refractivity contribution in [3.8, 4) is 0 Å². The van der Waals surface area contributed by atoms with Gasteiger partial charge in [-0.25, -0.2) is 9.59 Å². The van der Waals surface area contributed by atoms with Crippen LogP contribution in [-0.4, -0.2) is 63.0 Å². The number of ether oxygens (including phenoxy) is 2. The molecule has 0 radical (unpaired) electrons. The molecular formula is C39H53N5O5. The van der Waals surface area contributed by atoms with Gasteiger partial charge >= 0.3 is 12.1 Å². The van der Waals surface area contributed by atoms with Gasteiger partial charge in [-0.15, -0.1) is 0 Å². The van der Waals surface area contributed by atoms with Crippen molar-refractivity contribution >= 4 is 29.4 Å². The fourth-order valence-corrected chi connectivity index (χ4v) is 6.00. The second-order valence-electron chi connectivity index (χ2n) is 11.8. The van der Waals surface area contributed by atoms with Crippen molar-refractivity contribution in [3.05, 3.63) is 108 Å². The molecule has 0 bridgehead atoms. The largest absolute Gasteiger partial charge is 0.453 e. The van der Waals surface area contributed by atoms with E-state index in [9.17, 15) is 14.4 Å². The minimum absolute atomic E-state index is 0.0211. The van der Waals surface area contributed by atoms with E-state index in [0.29, 0.717) is 25.3 Å². The Kier molecular flexibility index (Phi) is 16.3. The summed E-state index contributed by atoms with van der Waals surface area (Å²) in [6.07, 6.45) is 11.8. The van der Waals surface area contributed by atoms with Crippen LogP contribution in [0.5, 0.6) is 0 Å². The van der Waals surface area contributed by atoms with Crippen molar-refractivity contribution in [2.45, 2.75) is 71.6 Å². The normalized spacial score (nSPS) is 17.9. The summed E-state index contributed by atoms with van der Waals surface area (Å²) in [5, 5.41) is 15.2. The van der Waals surface area contributed by atoms with E-state index in [4.69, 9.17) is 9.47 Å². The number of methoxy groups -OCH3 is 1. The van der Waals surface area contributed by atoms with E-state index in [2.05, 4.69) is 33.2 Å². The highest BCUT2D eigenvalue weighted by Gasteiger charge is 2.34. The maximum atomic E-state index is 14.0. The molecule has 0 spiro atoms. The summed E-state index contributed by atoms with van der Waals surface area (Å²) in [4.78, 5) is 38.5. The lowest BCUT2D eigenvalue weighted by atomic mass is 9.83. The molecule has 2 aromatic rings. The Morgan fingerprint density at radius 3 is 2.14 bits per heavy atom. The van der Waals surface area contributed by atoms with E-state index >= 15 is 0 Å². The summed E-state index contributed by atoms with van der Waals surface area (Å²) in [7, 11) is 1.28. The number of nitrogens with one attached hydrogen (secondary N) is 5. The molecule has 0 saturated carbocycles. The number of hydrogen-bond donors (Lipinski definition) is 5. The number of amides is 4. The van der Waals surface area contributed by atoms with Crippen LogP contribution in [0.25, 0.3) is 0 Å². The molecule has 1 unspecified atom stereocenters. The molecule has 3 rings (SSSR count). The number of rotatable bonds is 16. The molecule has 0 aromatic heterocycles. The second kappa shape index (κ2) is 20.6. The fraction of sp³-hybridized carbons (Fsp3) is 0.410. The number of hydrogen-bond acceptors (Lipinski definition) is 6. The van der Waals surface area contributed by atoms with Crippen LogP contribution in [0.2, 0.25) is 0 Å². The Bertz CT molecular complexity index is 1490. The van der Waals surface area contributed by atoms with Crippen molar-refractivity contribution in [1.82, 2.24) is 16.0 Å². The summed E-state index contributed by atoms with van der Waals surface area (Å²) >= 11 is 0. The Morgan fingerprint density at radius 1 is 0.959 bits per heavy atom. The monoisotopic (exact) mass is 671 g/mol. The highest BCUT2D eigenvalue weighted by atomic mass is 16.5. The highest BCUT2D eigenvalue weighted by Crippen LogP contribution is 2.29. The second-order valence-corrected chi connectivity index (χ2v) is 11.8. The average molecular weight is 672 g/mol. The van der Waals surface area contributed by atoms with Gasteiger partial charge in [-0.1, -0.05) is 73.4 Å². The number of allylic oxidation sites excluding steroid dienone is 5. The van der Waals surface area contributed by atoms with E-state index in [1.807, 2.05) is 101 Å². The van der Waals surface area contributed by atoms with E-state index in [0.717, 1.165) is 53.8 Å². The predicted molar refractivity (Wildman–Crippen MR) is 198 cm³/mol. The summed E-state index contributed by atoms with van der Waals surface area (Å²) in [5.41, 5.74) is 5.22. The van der Waals surface area contributed by atoms with Gasteiger partial charge < -0.3 is 36.1 Å². The molecule has 10 heteroatoms. The summed E-state index contributed by atoms with van der Waals surface area (Å²) < 4.78 is 11.2. The van der Waals surface area contributed by atoms with E-state index in [-0.39, 0.29) is 24.1 Å². The molecule has 2 aromatic carbocycles. The first-order valence-corrected chi connectivity index (χ1v) is 17.1. The minimum atomic E-state index is -0.967. The number of morpholine rings is 1. The van der Waals surface area contributed by atoms with Crippen LogP contribution < -0.4 is 26.6 Å². The van der Waals surface area contributed by atoms with Gasteiger partial charge in [0.15, 0.2) is 0 Å². The zero-order chi connectivity index (χ0) is 35.6. The molecule has 264 valence electrons. The van der Waals surface area contributed by atoms with Crippen molar-refractivity contribution in [3.63, 3.8) is 0 Å². The molecular weight excluding hydrogens is 618 g/mol. The maximum absolute atomic E-state index is 14.0. The number of para-hydroxylation sites is 2. The molecule has 4 atom stereocenters. The minimum Gasteiger partial charge on any atom is -0.453 e. The van der Waals surface area contributed by atoms with Crippen molar-refractivity contribution < 1.29 is 23.9 Å². The van der Waals surface area contributed by atoms with Gasteiger partial charge in [-0.2, -0.15) is 0 Å². The van der Waals surface area contributed by atoms with Gasteiger partial charge in [0.2, 0.25) is 5.91 Å². The standard InChI is InChI=1S/C39H53N5O5/c1-7-16-28(10-4)35(27(8-2)9-3)36(44-39(47)48-6)37(45)42-33-19-14-12-18-30(33)22-24-32-25-41-31(26-49-32)23-21-29-17-13-15-20-34(29)43-38(46)40-11-5/h7-10,12-20,31-32,35-36,41H,2,11,21-26H2,1,3-6H3,(H,42,45)(H,44,47)(H2,40,43,46)/b16-7-,27-9+,28-10+/t31-,32-,35+,36?/m1/s1. The summed E-state index contributed by atoms with van der Waals surface area (Å²) in [5.74, 6) is -0.857. The van der Waals surface area contributed by atoms with Crippen LogP contribution >= 0.6 is 0 Å². The van der Waals surface area contributed by atoms with Gasteiger partial charge in [0.1, 0.15) is 6.04 Å². The number of benzene rings is 2. The van der Waals surface area contributed by atoms with Crippen LogP contribution in [0.15, 0.2) is 96.6 Å². The third-order valence-corrected chi connectivity index (χ3v) is 8.60. The van der Waals surface area contributed by atoms with Gasteiger partial charge in [0, 0.05) is 36.4 Å². The van der Waals surface area contributed by atoms with Crippen molar-refractivity contribution in [2.24, 2.45) is 5.92 Å². The van der Waals surface area contributed by atoms with E-state index in [1.54, 1.807) is 6.08 Å². The summed E-state index contributed by atoms with van der Waals surface area (Å²) in [6.45, 7) is 13.4. The molecule has 1 aliphatic rings. The highest BCUT2D eigenvalue weighted by molar-refractivity contribution is 5.98. The first-order valence-electron chi connectivity index (χ1n) is 17.1. The van der Waals surface area contributed by atoms with Gasteiger partial charge in [-0.05, 0) is 87.8 Å². The van der Waals surface area contributed by atoms with Gasteiger partial charge in [-0.3, -0.25) is 4.79 Å². The fourth-order valence-electron chi connectivity index (χ4n) is 6.00. The zero-order valence-electron chi connectivity index (χ0n) is 29.5. The van der Waals surface area contributed by atoms with Crippen LogP contribution in [-0.2, 0) is 27.1 Å². The van der Waals surface area contributed by atoms with Crippen molar-refractivity contribution in [2.75, 3.05) is 37.4 Å². The molecule has 10 nitrogen and oxygen atoms in total. The quantitative estimate of drug-likeness (QED) is 0.127. The Morgan fingerprint density at radius 2 is 1.59 bits per heavy atom. The molecule has 1 aliphatic heterocycles. The summed E-state index contributed by atoms with van der Waals surface area (Å²) in [6, 6.07) is 14.6. The number of carbonyl (C=O) groups is 3. The molecule has 1 heterocycles. The lowest BCUT2D eigenvalue weighted by molar-refractivity contribution is -0.118. The Hall–Kier alpha value is -4.67. The van der Waals surface area contributed by atoms with Crippen LogP contribution in [0.3, 0.4) is 0 Å². The molecule has 4 amide bonds. The third-order valence-electron chi connectivity index (χ3n) is 8.60. The average Bonchev–Trinajstić information content (AvgIpc) is 3.12. The van der Waals surface area contributed by atoms with Crippen LogP contribution in [0, 0.1) is 5.92 Å². The first kappa shape index (κ1) is 38.8. The number of anilines is 2. The SMILES string of the molecule is C=C/C(=C\C)[C@@H](C(/C=C\C)=C/C)C(NC(=O)OC)C(=O)Nc1ccccc1CC[C@@H]1CN[C@H](CCc2ccccc2NC(=O)NCC)CO1. The van der Waals surface area contributed by atoms with Crippen LogP contribution in [0.4, 0.5) is 21.0 Å². The molecule has 5 N–H and O–H groups in total. The van der Waals surface area contributed by atoms with E-state index in [1.165, 1.54) is 7.11 Å². The number of carbonyl (C=O) groups excluding carboxylic acids is 3. The number of aryl methyl sites for hydroxylation is 2. The van der Waals surface area contributed by atoms with E-state index < -0.39 is 18.1 Å². The number of alkyl carbamates (subject to hydrolysis) is 1. The van der Waals surface area contributed by atoms with Gasteiger partial charge in [0.05, 0.1) is 19.8 Å². The number of urea groups is 1. The lowest BCUT2D eigenvalue weighted by Gasteiger charge is -2.31. The Labute approximate surface area is 291 Å². The topological polar surface area (TPSA) is 130 Å². The maximum Gasteiger partial charge on any atom is 0.407 e. The molecule has 0 aliphatic carbocycles. The van der Waals surface area contributed by atoms with Crippen LogP contribution in [0.1, 0.15) is 51.7 Å². The lowest BCUT2D eigenvalue weighted by Crippen LogP contribution is -2.49. The zero-order valence-corrected chi connectivity index (χ0v) is 29.5. The first-order chi connectivity index (χ1) is 23.8. The smallest absolute Gasteiger partial charge is 0.407 e. The van der Waals surface area contributed by atoms with Crippen molar-refractivity contribution in [1.29, 1.82) is 0 Å². The molecule has 1 saturated heterocycles.